The molecular weight excluding hydrogens is 98.1 g/mol. The van der Waals surface area contributed by atoms with Crippen molar-refractivity contribution in [3.8, 4) is 6.07 Å². The minimum Gasteiger partial charge on any atom is -0.198 e. The molecule has 0 spiro atoms. The number of hydrogen-bond donors (Lipinski definition) is 0. The Morgan fingerprint density at radius 1 is 1.75 bits per heavy atom. The average molecular weight is 107 g/mol. The molecule has 0 bridgehead atoms. The monoisotopic (exact) mass is 107 g/mol. The highest BCUT2D eigenvalue weighted by Crippen LogP contribution is 2.66. The van der Waals surface area contributed by atoms with Crippen LogP contribution < -0.4 is 0 Å². The molecule has 0 radical (unpaired) electrons. The zero-order valence-electron chi connectivity index (χ0n) is 5.02. The van der Waals surface area contributed by atoms with Gasteiger partial charge in [0, 0.05) is 0 Å². The lowest BCUT2D eigenvalue weighted by Gasteiger charge is -2.29. The van der Waals surface area contributed by atoms with Crippen LogP contribution in [0.15, 0.2) is 0 Å². The van der Waals surface area contributed by atoms with Crippen molar-refractivity contribution in [2.75, 3.05) is 0 Å². The van der Waals surface area contributed by atoms with Gasteiger partial charge in [0.25, 0.3) is 0 Å². The first-order chi connectivity index (χ1) is 3.76. The van der Waals surface area contributed by atoms with Crippen LogP contribution in [-0.4, -0.2) is 0 Å². The Kier molecular flexibility index (Phi) is 0.510. The summed E-state index contributed by atoms with van der Waals surface area (Å²) in [6.45, 7) is 2.08. The van der Waals surface area contributed by atoms with E-state index in [4.69, 9.17) is 5.26 Å². The highest BCUT2D eigenvalue weighted by molar-refractivity contribution is 5.19. The minimum absolute atomic E-state index is 0.102. The number of hydrogen-bond acceptors (Lipinski definition) is 1. The molecule has 2 rings (SSSR count). The molecule has 2 fully saturated rings. The Labute approximate surface area is 49.3 Å². The van der Waals surface area contributed by atoms with Gasteiger partial charge in [-0.3, -0.25) is 0 Å². The first-order valence-electron chi connectivity index (χ1n) is 3.17. The highest BCUT2D eigenvalue weighted by atomic mass is 14.6. The molecule has 0 aromatic rings. The van der Waals surface area contributed by atoms with E-state index in [-0.39, 0.29) is 5.41 Å². The molecule has 42 valence electrons. The molecule has 0 saturated heterocycles. The maximum Gasteiger partial charge on any atom is 0.0689 e. The fraction of sp³-hybridized carbons (Fsp3) is 0.857. The Balaban J connectivity index is 2.19. The van der Waals surface area contributed by atoms with Crippen molar-refractivity contribution in [2.45, 2.75) is 19.8 Å². The smallest absolute Gasteiger partial charge is 0.0689 e. The third kappa shape index (κ3) is 0.291. The number of nitrogens with zero attached hydrogens (tertiary/aromatic N) is 1. The average Bonchev–Trinajstić information content (AvgIpc) is 2.40. The standard InChI is InChI=1S/C7H9N/c1-7(4-8)3-5-2-6(5)7/h5-6H,2-3H2,1H3. The van der Waals surface area contributed by atoms with Crippen LogP contribution in [0.4, 0.5) is 0 Å². The summed E-state index contributed by atoms with van der Waals surface area (Å²) in [7, 11) is 0. The van der Waals surface area contributed by atoms with E-state index in [1.165, 1.54) is 12.8 Å². The summed E-state index contributed by atoms with van der Waals surface area (Å²) < 4.78 is 0. The molecule has 0 N–H and O–H groups in total. The van der Waals surface area contributed by atoms with Gasteiger partial charge in [-0.05, 0) is 31.6 Å². The van der Waals surface area contributed by atoms with Gasteiger partial charge in [-0.15, -0.1) is 0 Å². The summed E-state index contributed by atoms with van der Waals surface area (Å²) in [4.78, 5) is 0. The summed E-state index contributed by atoms with van der Waals surface area (Å²) in [5.41, 5.74) is 0.102. The van der Waals surface area contributed by atoms with Crippen molar-refractivity contribution in [1.29, 1.82) is 5.26 Å². The van der Waals surface area contributed by atoms with Gasteiger partial charge in [0.2, 0.25) is 0 Å². The van der Waals surface area contributed by atoms with Crippen LogP contribution in [0.5, 0.6) is 0 Å². The first-order valence-corrected chi connectivity index (χ1v) is 3.17. The molecule has 2 aliphatic rings. The minimum atomic E-state index is 0.102. The van der Waals surface area contributed by atoms with Crippen molar-refractivity contribution in [1.82, 2.24) is 0 Å². The van der Waals surface area contributed by atoms with Crippen molar-refractivity contribution in [3.05, 3.63) is 0 Å². The van der Waals surface area contributed by atoms with E-state index in [2.05, 4.69) is 13.0 Å². The van der Waals surface area contributed by atoms with Crippen LogP contribution in [0.25, 0.3) is 0 Å². The molecule has 0 amide bonds. The van der Waals surface area contributed by atoms with E-state index in [0.29, 0.717) is 0 Å². The molecule has 2 aliphatic carbocycles. The van der Waals surface area contributed by atoms with Crippen molar-refractivity contribution < 1.29 is 0 Å². The molecule has 8 heavy (non-hydrogen) atoms. The molecule has 0 aromatic carbocycles. The number of fused-ring (bicyclic) bond motifs is 1. The van der Waals surface area contributed by atoms with Gasteiger partial charge >= 0.3 is 0 Å². The van der Waals surface area contributed by atoms with Crippen molar-refractivity contribution in [2.24, 2.45) is 17.3 Å². The van der Waals surface area contributed by atoms with Gasteiger partial charge < -0.3 is 0 Å². The van der Waals surface area contributed by atoms with Crippen molar-refractivity contribution in [3.63, 3.8) is 0 Å². The summed E-state index contributed by atoms with van der Waals surface area (Å²) in [6, 6.07) is 2.37. The maximum atomic E-state index is 8.59. The molecule has 0 heterocycles. The lowest BCUT2D eigenvalue weighted by molar-refractivity contribution is 0.219. The fourth-order valence-corrected chi connectivity index (χ4v) is 1.92. The first kappa shape index (κ1) is 4.38. The topological polar surface area (TPSA) is 23.8 Å². The van der Waals surface area contributed by atoms with E-state index in [0.717, 1.165) is 11.8 Å². The van der Waals surface area contributed by atoms with Crippen LogP contribution in [0.3, 0.4) is 0 Å². The lowest BCUT2D eigenvalue weighted by atomic mass is 9.72. The Morgan fingerprint density at radius 3 is 2.62 bits per heavy atom. The lowest BCUT2D eigenvalue weighted by Crippen LogP contribution is -2.27. The van der Waals surface area contributed by atoms with Gasteiger partial charge in [-0.1, -0.05) is 0 Å². The predicted molar refractivity (Wildman–Crippen MR) is 29.9 cm³/mol. The van der Waals surface area contributed by atoms with Crippen LogP contribution in [-0.2, 0) is 0 Å². The zero-order chi connectivity index (χ0) is 5.78. The van der Waals surface area contributed by atoms with E-state index >= 15 is 0 Å². The molecule has 1 heteroatoms. The largest absolute Gasteiger partial charge is 0.198 e. The normalized spacial score (nSPS) is 58.0. The zero-order valence-corrected chi connectivity index (χ0v) is 5.02. The predicted octanol–water partition coefficient (Wildman–Crippen LogP) is 1.56. The third-order valence-corrected chi connectivity index (χ3v) is 2.68. The molecule has 2 saturated carbocycles. The van der Waals surface area contributed by atoms with Crippen LogP contribution in [0, 0.1) is 28.6 Å². The molecule has 3 unspecified atom stereocenters. The second-order valence-electron chi connectivity index (χ2n) is 3.34. The Bertz CT molecular complexity index is 168. The second-order valence-corrected chi connectivity index (χ2v) is 3.34. The highest BCUT2D eigenvalue weighted by Gasteiger charge is 2.61. The SMILES string of the molecule is CC1(C#N)CC2CC21. The number of nitriles is 1. The van der Waals surface area contributed by atoms with Gasteiger partial charge in [0.15, 0.2) is 0 Å². The summed E-state index contributed by atoms with van der Waals surface area (Å²) in [6.07, 6.45) is 2.51. The van der Waals surface area contributed by atoms with E-state index in [9.17, 15) is 0 Å². The second kappa shape index (κ2) is 0.932. The molecule has 0 aromatic heterocycles. The van der Waals surface area contributed by atoms with E-state index in [1.54, 1.807) is 0 Å². The fourth-order valence-electron chi connectivity index (χ4n) is 1.92. The summed E-state index contributed by atoms with van der Waals surface area (Å²) in [5, 5.41) is 8.59. The van der Waals surface area contributed by atoms with Crippen LogP contribution >= 0.6 is 0 Å². The van der Waals surface area contributed by atoms with Gasteiger partial charge in [0.1, 0.15) is 0 Å². The van der Waals surface area contributed by atoms with Gasteiger partial charge in [-0.2, -0.15) is 5.26 Å². The molecule has 1 nitrogen and oxygen atoms in total. The molecular formula is C7H9N. The summed E-state index contributed by atoms with van der Waals surface area (Å²) in [5.74, 6) is 1.76. The van der Waals surface area contributed by atoms with E-state index in [1.807, 2.05) is 0 Å². The Morgan fingerprint density at radius 2 is 2.50 bits per heavy atom. The quantitative estimate of drug-likeness (QED) is 0.460. The van der Waals surface area contributed by atoms with Gasteiger partial charge in [-0.25, -0.2) is 0 Å². The Hall–Kier alpha value is -0.510. The molecule has 0 aliphatic heterocycles. The molecule has 3 atom stereocenters. The third-order valence-electron chi connectivity index (χ3n) is 2.68. The summed E-state index contributed by atoms with van der Waals surface area (Å²) >= 11 is 0. The maximum absolute atomic E-state index is 8.59. The number of rotatable bonds is 0. The van der Waals surface area contributed by atoms with Crippen LogP contribution in [0.1, 0.15) is 19.8 Å². The van der Waals surface area contributed by atoms with Crippen molar-refractivity contribution >= 4 is 0 Å². The van der Waals surface area contributed by atoms with Gasteiger partial charge in [0.05, 0.1) is 11.5 Å². The van der Waals surface area contributed by atoms with Crippen LogP contribution in [0.2, 0.25) is 0 Å². The van der Waals surface area contributed by atoms with E-state index < -0.39 is 0 Å².